The first-order chi connectivity index (χ1) is 14.0. The summed E-state index contributed by atoms with van der Waals surface area (Å²) in [7, 11) is -3.52. The van der Waals surface area contributed by atoms with Crippen molar-refractivity contribution in [2.75, 3.05) is 28.0 Å². The zero-order chi connectivity index (χ0) is 21.9. The number of carbonyl (C=O) groups excluding carboxylic acids is 2. The maximum Gasteiger partial charge on any atom is 0.255 e. The number of amides is 1. The first-order valence-electron chi connectivity index (χ1n) is 9.86. The predicted molar refractivity (Wildman–Crippen MR) is 120 cm³/mol. The average Bonchev–Trinajstić information content (AvgIpc) is 2.68. The molecule has 0 bridgehead atoms. The summed E-state index contributed by atoms with van der Waals surface area (Å²) < 4.78 is 26.1. The highest BCUT2D eigenvalue weighted by molar-refractivity contribution is 7.94. The Bertz CT molecular complexity index is 1010. The molecule has 1 amide bonds. The van der Waals surface area contributed by atoms with Gasteiger partial charge in [0.25, 0.3) is 5.91 Å². The van der Waals surface area contributed by atoms with Crippen molar-refractivity contribution in [1.29, 1.82) is 0 Å². The van der Waals surface area contributed by atoms with Crippen LogP contribution in [0.5, 0.6) is 0 Å². The average molecular weight is 430 g/mol. The van der Waals surface area contributed by atoms with Crippen LogP contribution in [-0.4, -0.2) is 37.9 Å². The molecule has 0 atom stereocenters. The van der Waals surface area contributed by atoms with Gasteiger partial charge in [0.1, 0.15) is 5.78 Å². The molecule has 0 aliphatic carbocycles. The van der Waals surface area contributed by atoms with Crippen molar-refractivity contribution < 1.29 is 18.0 Å². The lowest BCUT2D eigenvalue weighted by Gasteiger charge is -2.28. The summed E-state index contributed by atoms with van der Waals surface area (Å²) in [6.45, 7) is 6.29. The Morgan fingerprint density at radius 1 is 0.900 bits per heavy atom. The van der Waals surface area contributed by atoms with E-state index < -0.39 is 14.8 Å². The second-order valence-corrected chi connectivity index (χ2v) is 10.8. The van der Waals surface area contributed by atoms with Gasteiger partial charge >= 0.3 is 0 Å². The van der Waals surface area contributed by atoms with Gasteiger partial charge in [-0.3, -0.25) is 14.3 Å². The van der Waals surface area contributed by atoms with Crippen molar-refractivity contribution in [1.82, 2.24) is 0 Å². The van der Waals surface area contributed by atoms with E-state index in [0.717, 1.165) is 18.8 Å². The van der Waals surface area contributed by atoms with E-state index in [2.05, 4.69) is 14.9 Å². The Morgan fingerprint density at radius 2 is 1.43 bits per heavy atom. The monoisotopic (exact) mass is 429 g/mol. The van der Waals surface area contributed by atoms with Crippen LogP contribution in [0.25, 0.3) is 0 Å². The molecular weight excluding hydrogens is 402 g/mol. The number of piperidine rings is 1. The van der Waals surface area contributed by atoms with Gasteiger partial charge < -0.3 is 10.2 Å². The highest BCUT2D eigenvalue weighted by Crippen LogP contribution is 2.22. The van der Waals surface area contributed by atoms with E-state index in [0.29, 0.717) is 35.6 Å². The number of nitrogens with zero attached hydrogens (tertiary/aromatic N) is 1. The molecule has 0 aromatic heterocycles. The Hall–Kier alpha value is -2.87. The SMILES string of the molecule is CC(C)(C)S(=O)(=O)Nc1ccc(C(=O)Nc2ccc(N3CCC(=O)CC3)cc2)cc1. The van der Waals surface area contributed by atoms with Gasteiger partial charge in [-0.2, -0.15) is 0 Å². The molecule has 2 aromatic rings. The lowest BCUT2D eigenvalue weighted by molar-refractivity contribution is -0.119. The third-order valence-electron chi connectivity index (χ3n) is 5.02. The summed E-state index contributed by atoms with van der Waals surface area (Å²) >= 11 is 0. The van der Waals surface area contributed by atoms with Gasteiger partial charge in [0, 0.05) is 48.6 Å². The fourth-order valence-corrected chi connectivity index (χ4v) is 3.72. The Labute approximate surface area is 177 Å². The van der Waals surface area contributed by atoms with E-state index >= 15 is 0 Å². The minimum Gasteiger partial charge on any atom is -0.371 e. The number of benzene rings is 2. The number of sulfonamides is 1. The van der Waals surface area contributed by atoms with Gasteiger partial charge in [-0.15, -0.1) is 0 Å². The van der Waals surface area contributed by atoms with Crippen LogP contribution in [-0.2, 0) is 14.8 Å². The molecule has 0 radical (unpaired) electrons. The summed E-state index contributed by atoms with van der Waals surface area (Å²) in [5, 5.41) is 2.84. The van der Waals surface area contributed by atoms with Gasteiger partial charge in [-0.1, -0.05) is 0 Å². The molecule has 3 rings (SSSR count). The van der Waals surface area contributed by atoms with Gasteiger partial charge in [-0.05, 0) is 69.3 Å². The number of hydrogen-bond donors (Lipinski definition) is 2. The van der Waals surface area contributed by atoms with Crippen molar-refractivity contribution in [3.63, 3.8) is 0 Å². The molecule has 0 saturated carbocycles. The number of nitrogens with one attached hydrogen (secondary N) is 2. The molecule has 30 heavy (non-hydrogen) atoms. The lowest BCUT2D eigenvalue weighted by Crippen LogP contribution is -2.33. The van der Waals surface area contributed by atoms with E-state index in [-0.39, 0.29) is 5.91 Å². The summed E-state index contributed by atoms with van der Waals surface area (Å²) in [5.74, 6) is 0.0175. The standard InChI is InChI=1S/C22H27N3O4S/c1-22(2,3)30(28,29)24-18-6-4-16(5-7-18)21(27)23-17-8-10-19(11-9-17)25-14-12-20(26)13-15-25/h4-11,24H,12-15H2,1-3H3,(H,23,27). The third kappa shape index (κ3) is 5.18. The number of carbonyl (C=O) groups is 2. The number of ketones is 1. The number of anilines is 3. The highest BCUT2D eigenvalue weighted by Gasteiger charge is 2.28. The quantitative estimate of drug-likeness (QED) is 0.756. The molecule has 1 fully saturated rings. The molecule has 7 nitrogen and oxygen atoms in total. The molecule has 2 N–H and O–H groups in total. The van der Waals surface area contributed by atoms with E-state index in [1.54, 1.807) is 45.0 Å². The largest absolute Gasteiger partial charge is 0.371 e. The summed E-state index contributed by atoms with van der Waals surface area (Å²) in [4.78, 5) is 26.0. The van der Waals surface area contributed by atoms with Gasteiger partial charge in [0.05, 0.1) is 4.75 Å². The predicted octanol–water partition coefficient (Wildman–Crippen LogP) is 3.65. The van der Waals surface area contributed by atoms with Crippen LogP contribution in [0.4, 0.5) is 17.1 Å². The van der Waals surface area contributed by atoms with Crippen LogP contribution in [0.2, 0.25) is 0 Å². The van der Waals surface area contributed by atoms with Gasteiger partial charge in [0.15, 0.2) is 0 Å². The van der Waals surface area contributed by atoms with Crippen LogP contribution >= 0.6 is 0 Å². The molecule has 8 heteroatoms. The Kier molecular flexibility index (Phi) is 6.17. The lowest BCUT2D eigenvalue weighted by atomic mass is 10.1. The number of rotatable bonds is 5. The van der Waals surface area contributed by atoms with Crippen molar-refractivity contribution in [3.8, 4) is 0 Å². The molecule has 1 heterocycles. The molecule has 1 saturated heterocycles. The van der Waals surface area contributed by atoms with Crippen molar-refractivity contribution in [3.05, 3.63) is 54.1 Å². The van der Waals surface area contributed by atoms with Crippen molar-refractivity contribution >= 4 is 38.8 Å². The minimum atomic E-state index is -3.52. The topological polar surface area (TPSA) is 95.6 Å². The van der Waals surface area contributed by atoms with Crippen molar-refractivity contribution in [2.45, 2.75) is 38.4 Å². The smallest absolute Gasteiger partial charge is 0.255 e. The van der Waals surface area contributed by atoms with E-state index in [9.17, 15) is 18.0 Å². The van der Waals surface area contributed by atoms with E-state index in [1.807, 2.05) is 24.3 Å². The van der Waals surface area contributed by atoms with Gasteiger partial charge in [0.2, 0.25) is 10.0 Å². The summed E-state index contributed by atoms with van der Waals surface area (Å²) in [6.07, 6.45) is 1.14. The summed E-state index contributed by atoms with van der Waals surface area (Å²) in [5.41, 5.74) is 2.52. The van der Waals surface area contributed by atoms with Crippen LogP contribution in [0.3, 0.4) is 0 Å². The maximum absolute atomic E-state index is 12.5. The van der Waals surface area contributed by atoms with E-state index in [1.165, 1.54) is 0 Å². The highest BCUT2D eigenvalue weighted by atomic mass is 32.2. The first-order valence-corrected chi connectivity index (χ1v) is 11.3. The molecule has 1 aliphatic heterocycles. The first kappa shape index (κ1) is 21.8. The molecular formula is C22H27N3O4S. The molecule has 160 valence electrons. The third-order valence-corrected chi connectivity index (χ3v) is 7.13. The van der Waals surface area contributed by atoms with Crippen LogP contribution in [0, 0.1) is 0 Å². The number of Topliss-reactive ketones (excluding diaryl/α,β-unsaturated/α-hetero) is 1. The molecule has 1 aliphatic rings. The second kappa shape index (κ2) is 8.47. The Balaban J connectivity index is 1.61. The second-order valence-electron chi connectivity index (χ2n) is 8.32. The number of hydrogen-bond acceptors (Lipinski definition) is 5. The van der Waals surface area contributed by atoms with Gasteiger partial charge in [-0.25, -0.2) is 8.42 Å². The van der Waals surface area contributed by atoms with Crippen LogP contribution in [0.1, 0.15) is 44.0 Å². The normalized spacial score (nSPS) is 15.0. The zero-order valence-electron chi connectivity index (χ0n) is 17.4. The maximum atomic E-state index is 12.5. The molecule has 2 aromatic carbocycles. The molecule has 0 spiro atoms. The fraction of sp³-hybridized carbons (Fsp3) is 0.364. The molecule has 0 unspecified atom stereocenters. The van der Waals surface area contributed by atoms with Crippen molar-refractivity contribution in [2.24, 2.45) is 0 Å². The Morgan fingerprint density at radius 3 is 1.97 bits per heavy atom. The van der Waals surface area contributed by atoms with Crippen LogP contribution in [0.15, 0.2) is 48.5 Å². The van der Waals surface area contributed by atoms with E-state index in [4.69, 9.17) is 0 Å². The van der Waals surface area contributed by atoms with Crippen LogP contribution < -0.4 is 14.9 Å². The zero-order valence-corrected chi connectivity index (χ0v) is 18.3. The fourth-order valence-electron chi connectivity index (χ4n) is 2.97. The summed E-state index contributed by atoms with van der Waals surface area (Å²) in [6, 6.07) is 13.8. The minimum absolute atomic E-state index is 0.281.